The van der Waals surface area contributed by atoms with Gasteiger partial charge in [-0.3, -0.25) is 0 Å². The summed E-state index contributed by atoms with van der Waals surface area (Å²) in [6.45, 7) is 0. The fourth-order valence-electron chi connectivity index (χ4n) is 2.86. The highest BCUT2D eigenvalue weighted by molar-refractivity contribution is 6.20. The van der Waals surface area contributed by atoms with Crippen molar-refractivity contribution in [1.29, 1.82) is 0 Å². The van der Waals surface area contributed by atoms with Gasteiger partial charge in [-0.05, 0) is 37.8 Å². The molecular weight excluding hydrogens is 288 g/mol. The Kier molecular flexibility index (Phi) is 3.85. The van der Waals surface area contributed by atoms with Gasteiger partial charge in [0.05, 0.1) is 18.5 Å². The van der Waals surface area contributed by atoms with Crippen LogP contribution in [0.2, 0.25) is 0 Å². The Balaban J connectivity index is 1.94. The zero-order valence-corrected chi connectivity index (χ0v) is 13.1. The predicted octanol–water partition coefficient (Wildman–Crippen LogP) is 3.34. The van der Waals surface area contributed by atoms with Crippen molar-refractivity contribution in [1.82, 2.24) is 4.68 Å². The van der Waals surface area contributed by atoms with Crippen LogP contribution in [0, 0.1) is 0 Å². The molecule has 2 aromatic rings. The highest BCUT2D eigenvalue weighted by atomic mass is 35.5. The van der Waals surface area contributed by atoms with Crippen molar-refractivity contribution < 1.29 is 9.79 Å². The number of halogens is 1. The molecule has 0 bridgehead atoms. The zero-order chi connectivity index (χ0) is 15.0. The van der Waals surface area contributed by atoms with E-state index in [4.69, 9.17) is 11.6 Å². The lowest BCUT2D eigenvalue weighted by molar-refractivity contribution is -0.748. The number of alkyl halides is 1. The van der Waals surface area contributed by atoms with E-state index >= 15 is 0 Å². The summed E-state index contributed by atoms with van der Waals surface area (Å²) in [5.74, 6) is 0.166. The summed E-state index contributed by atoms with van der Waals surface area (Å²) in [5.41, 5.74) is 1.44. The first-order chi connectivity index (χ1) is 10.1. The van der Waals surface area contributed by atoms with Crippen LogP contribution in [0.1, 0.15) is 25.7 Å². The number of azo groups is 1. The van der Waals surface area contributed by atoms with Crippen LogP contribution in [0.15, 0.2) is 28.6 Å². The molecule has 3 rings (SSSR count). The van der Waals surface area contributed by atoms with E-state index in [-0.39, 0.29) is 17.2 Å². The number of nitrogens with zero attached hydrogens (tertiary/aromatic N) is 4. The highest BCUT2D eigenvalue weighted by Gasteiger charge is 2.20. The van der Waals surface area contributed by atoms with Crippen molar-refractivity contribution in [3.05, 3.63) is 18.3 Å². The number of rotatable bonds is 2. The van der Waals surface area contributed by atoms with Crippen molar-refractivity contribution in [3.63, 3.8) is 0 Å². The maximum Gasteiger partial charge on any atom is 0.203 e. The molecule has 0 unspecified atom stereocenters. The maximum atomic E-state index is 10.1. The maximum absolute atomic E-state index is 10.1. The molecule has 0 spiro atoms. The van der Waals surface area contributed by atoms with Gasteiger partial charge < -0.3 is 5.11 Å². The summed E-state index contributed by atoms with van der Waals surface area (Å²) < 4.78 is 3.92. The van der Waals surface area contributed by atoms with E-state index in [0.717, 1.165) is 36.6 Å². The quantitative estimate of drug-likeness (QED) is 0.516. The molecule has 1 fully saturated rings. The van der Waals surface area contributed by atoms with Gasteiger partial charge in [0.1, 0.15) is 11.3 Å². The zero-order valence-electron chi connectivity index (χ0n) is 12.3. The first-order valence-electron chi connectivity index (χ1n) is 7.28. The van der Waals surface area contributed by atoms with Crippen LogP contribution in [0.4, 0.5) is 5.69 Å². The van der Waals surface area contributed by atoms with Crippen LogP contribution in [-0.4, -0.2) is 21.2 Å². The topological polar surface area (TPSA) is 53.8 Å². The van der Waals surface area contributed by atoms with Crippen molar-refractivity contribution in [2.45, 2.75) is 37.1 Å². The van der Waals surface area contributed by atoms with Gasteiger partial charge in [-0.2, -0.15) is 9.80 Å². The van der Waals surface area contributed by atoms with Gasteiger partial charge in [0, 0.05) is 5.38 Å². The largest absolute Gasteiger partial charge is 0.506 e. The molecular formula is C15H20ClN4O+. The van der Waals surface area contributed by atoms with E-state index in [1.54, 1.807) is 6.07 Å². The first kappa shape index (κ1) is 14.3. The monoisotopic (exact) mass is 307 g/mol. The van der Waals surface area contributed by atoms with E-state index in [0.29, 0.717) is 5.69 Å². The Labute approximate surface area is 128 Å². The Morgan fingerprint density at radius 1 is 1.29 bits per heavy atom. The number of aromatic nitrogens is 2. The first-order valence-corrected chi connectivity index (χ1v) is 7.72. The van der Waals surface area contributed by atoms with E-state index in [1.807, 2.05) is 35.7 Å². The second kappa shape index (κ2) is 5.64. The smallest absolute Gasteiger partial charge is 0.203 e. The SMILES string of the molecule is Cn1c2c(N=NC3CCC(Cl)CC3)c(O)ccc2c[n+]1C. The van der Waals surface area contributed by atoms with Crippen LogP contribution < -0.4 is 4.68 Å². The molecule has 112 valence electrons. The molecule has 21 heavy (non-hydrogen) atoms. The van der Waals surface area contributed by atoms with Gasteiger partial charge in [0.15, 0.2) is 12.7 Å². The van der Waals surface area contributed by atoms with Crippen LogP contribution in [0.25, 0.3) is 10.9 Å². The number of phenols is 1. The minimum absolute atomic E-state index is 0.166. The fourth-order valence-corrected chi connectivity index (χ4v) is 3.12. The number of phenolic OH excluding ortho intramolecular Hbond substituents is 1. The molecule has 1 aromatic carbocycles. The van der Waals surface area contributed by atoms with Gasteiger partial charge in [-0.25, -0.2) is 0 Å². The lowest BCUT2D eigenvalue weighted by Gasteiger charge is -2.20. The number of aromatic hydroxyl groups is 1. The number of aryl methyl sites for hydroxylation is 2. The van der Waals surface area contributed by atoms with Crippen LogP contribution in [-0.2, 0) is 14.1 Å². The molecule has 1 aliphatic carbocycles. The average molecular weight is 308 g/mol. The Bertz CT molecular complexity index is 687. The van der Waals surface area contributed by atoms with Crippen LogP contribution in [0.5, 0.6) is 5.75 Å². The van der Waals surface area contributed by atoms with Gasteiger partial charge in [-0.15, -0.1) is 21.4 Å². The molecule has 0 saturated heterocycles. The molecule has 0 atom stereocenters. The van der Waals surface area contributed by atoms with E-state index in [2.05, 4.69) is 10.2 Å². The summed E-state index contributed by atoms with van der Waals surface area (Å²) in [6, 6.07) is 3.78. The standard InChI is InChI=1S/C15H19ClN4O/c1-19-9-10-3-8-13(21)14(15(10)20(19)2)18-17-12-6-4-11(16)5-7-12/h3,8-9,11-12H,4-7H2,1-2H3/p+1. The van der Waals surface area contributed by atoms with Gasteiger partial charge in [0.2, 0.25) is 6.20 Å². The van der Waals surface area contributed by atoms with Crippen LogP contribution in [0.3, 0.4) is 0 Å². The minimum atomic E-state index is 0.166. The van der Waals surface area contributed by atoms with Crippen LogP contribution >= 0.6 is 11.6 Å². The van der Waals surface area contributed by atoms with E-state index in [1.165, 1.54) is 0 Å². The van der Waals surface area contributed by atoms with Crippen molar-refractivity contribution in [2.75, 3.05) is 0 Å². The molecule has 0 amide bonds. The van der Waals surface area contributed by atoms with Crippen molar-refractivity contribution >= 4 is 28.2 Å². The number of benzene rings is 1. The lowest BCUT2D eigenvalue weighted by Crippen LogP contribution is -2.35. The summed E-state index contributed by atoms with van der Waals surface area (Å²) in [6.07, 6.45) is 5.91. The van der Waals surface area contributed by atoms with Gasteiger partial charge in [-0.1, -0.05) is 0 Å². The second-order valence-corrected chi connectivity index (χ2v) is 6.34. The fraction of sp³-hybridized carbons (Fsp3) is 0.533. The molecule has 1 aromatic heterocycles. The predicted molar refractivity (Wildman–Crippen MR) is 82.2 cm³/mol. The molecule has 5 nitrogen and oxygen atoms in total. The number of fused-ring (bicyclic) bond motifs is 1. The second-order valence-electron chi connectivity index (χ2n) is 5.72. The number of hydrogen-bond acceptors (Lipinski definition) is 3. The minimum Gasteiger partial charge on any atom is -0.506 e. The van der Waals surface area contributed by atoms with Gasteiger partial charge in [0.25, 0.3) is 0 Å². The molecule has 1 aliphatic rings. The average Bonchev–Trinajstić information content (AvgIpc) is 2.76. The third-order valence-electron chi connectivity index (χ3n) is 4.23. The molecule has 1 heterocycles. The normalized spacial score (nSPS) is 23.2. The van der Waals surface area contributed by atoms with Crippen molar-refractivity contribution in [3.8, 4) is 5.75 Å². The Morgan fingerprint density at radius 3 is 2.71 bits per heavy atom. The summed E-state index contributed by atoms with van der Waals surface area (Å²) in [7, 11) is 3.90. The van der Waals surface area contributed by atoms with E-state index in [9.17, 15) is 5.11 Å². The third-order valence-corrected chi connectivity index (χ3v) is 4.67. The third kappa shape index (κ3) is 2.75. The molecule has 0 aliphatic heterocycles. The lowest BCUT2D eigenvalue weighted by atomic mass is 9.96. The van der Waals surface area contributed by atoms with E-state index < -0.39 is 0 Å². The highest BCUT2D eigenvalue weighted by Crippen LogP contribution is 2.35. The molecule has 0 radical (unpaired) electrons. The van der Waals surface area contributed by atoms with Gasteiger partial charge >= 0.3 is 0 Å². The molecule has 1 N–H and O–H groups in total. The number of hydrogen-bond donors (Lipinski definition) is 1. The molecule has 6 heteroatoms. The summed E-state index contributed by atoms with van der Waals surface area (Å²) in [5, 5.41) is 20.2. The summed E-state index contributed by atoms with van der Waals surface area (Å²) in [4.78, 5) is 0. The Hall–Kier alpha value is -1.62. The van der Waals surface area contributed by atoms with Crippen molar-refractivity contribution in [2.24, 2.45) is 24.3 Å². The molecule has 1 saturated carbocycles. The summed E-state index contributed by atoms with van der Waals surface area (Å²) >= 11 is 6.11. The Morgan fingerprint density at radius 2 is 2.00 bits per heavy atom.